The molecule has 110 valence electrons. The number of fused-ring (bicyclic) bond motifs is 1. The maximum Gasteiger partial charge on any atom is 2.00 e. The molecular weight excluding hydrogens is 355 g/mol. The van der Waals surface area contributed by atoms with Crippen LogP contribution in [-0.2, 0) is 26.2 Å². The Balaban J connectivity index is 0.000000234. The molecule has 4 aromatic carbocycles. The fourth-order valence-electron chi connectivity index (χ4n) is 2.60. The van der Waals surface area contributed by atoms with Crippen LogP contribution in [0.15, 0.2) is 91.0 Å². The van der Waals surface area contributed by atoms with Gasteiger partial charge < -0.3 is 0 Å². The Bertz CT molecular complexity index is 803. The van der Waals surface area contributed by atoms with Gasteiger partial charge in [0.1, 0.15) is 0 Å². The van der Waals surface area contributed by atoms with Crippen LogP contribution >= 0.6 is 0 Å². The van der Waals surface area contributed by atoms with Gasteiger partial charge in [0.15, 0.2) is 0 Å². The summed E-state index contributed by atoms with van der Waals surface area (Å²) in [6, 6.07) is 34.1. The monoisotopic (exact) mass is 372 g/mol. The van der Waals surface area contributed by atoms with E-state index in [0.29, 0.717) is 0 Å². The van der Waals surface area contributed by atoms with E-state index in [1.165, 1.54) is 27.5 Å². The number of hydrogen-bond acceptors (Lipinski definition) is 0. The van der Waals surface area contributed by atoms with Gasteiger partial charge in [0.25, 0.3) is 0 Å². The molecule has 4 rings (SSSR count). The van der Waals surface area contributed by atoms with Crippen LogP contribution in [0, 0.1) is 13.0 Å². The van der Waals surface area contributed by atoms with Crippen LogP contribution < -0.4 is 0 Å². The first-order valence-corrected chi connectivity index (χ1v) is 7.47. The molecule has 0 aromatic heterocycles. The molecule has 0 unspecified atom stereocenters. The second kappa shape index (κ2) is 8.70. The molecule has 0 aliphatic carbocycles. The third-order valence-electron chi connectivity index (χ3n) is 3.59. The Labute approximate surface area is 157 Å². The summed E-state index contributed by atoms with van der Waals surface area (Å²) in [5, 5.41) is 2.69. The minimum Gasteiger partial charge on any atom is -0.184 e. The van der Waals surface area contributed by atoms with Crippen LogP contribution in [0.5, 0.6) is 0 Å². The molecule has 0 aliphatic heterocycles. The van der Waals surface area contributed by atoms with Crippen LogP contribution in [0.2, 0.25) is 0 Å². The SMILES string of the molecule is Cc1cc2c(-c3ccccc3)cccc2[cH-]1.[Zr+2].[c-]1ccccc1. The van der Waals surface area contributed by atoms with Gasteiger partial charge in [-0.1, -0.05) is 48.9 Å². The van der Waals surface area contributed by atoms with Crippen molar-refractivity contribution in [3.05, 3.63) is 103 Å². The zero-order chi connectivity index (χ0) is 15.2. The molecule has 0 spiro atoms. The molecule has 0 nitrogen and oxygen atoms in total. The van der Waals surface area contributed by atoms with Crippen LogP contribution in [0.3, 0.4) is 0 Å². The molecule has 0 saturated heterocycles. The Morgan fingerprint density at radius 3 is 2.09 bits per heavy atom. The average Bonchev–Trinajstić information content (AvgIpc) is 2.98. The maximum absolute atomic E-state index is 2.89. The third-order valence-corrected chi connectivity index (χ3v) is 3.59. The molecule has 0 bridgehead atoms. The van der Waals surface area contributed by atoms with Gasteiger partial charge in [-0.3, -0.25) is 0 Å². The molecule has 1 heteroatoms. The summed E-state index contributed by atoms with van der Waals surface area (Å²) in [5.41, 5.74) is 3.95. The summed E-state index contributed by atoms with van der Waals surface area (Å²) in [4.78, 5) is 0. The first-order chi connectivity index (χ1) is 10.8. The van der Waals surface area contributed by atoms with E-state index >= 15 is 0 Å². The average molecular weight is 374 g/mol. The first kappa shape index (κ1) is 17.5. The van der Waals surface area contributed by atoms with Crippen LogP contribution in [0.25, 0.3) is 21.9 Å². The van der Waals surface area contributed by atoms with Crippen molar-refractivity contribution in [1.82, 2.24) is 0 Å². The Morgan fingerprint density at radius 1 is 0.783 bits per heavy atom. The fourth-order valence-corrected chi connectivity index (χ4v) is 2.60. The van der Waals surface area contributed by atoms with E-state index in [1.807, 2.05) is 30.3 Å². The van der Waals surface area contributed by atoms with Crippen LogP contribution in [0.4, 0.5) is 0 Å². The first-order valence-electron chi connectivity index (χ1n) is 7.47. The quantitative estimate of drug-likeness (QED) is 0.358. The Kier molecular flexibility index (Phi) is 6.62. The zero-order valence-electron chi connectivity index (χ0n) is 13.2. The van der Waals surface area contributed by atoms with Crippen LogP contribution in [0.1, 0.15) is 5.56 Å². The van der Waals surface area contributed by atoms with E-state index in [1.54, 1.807) is 0 Å². The van der Waals surface area contributed by atoms with Gasteiger partial charge in [-0.2, -0.15) is 42.5 Å². The Morgan fingerprint density at radius 2 is 1.48 bits per heavy atom. The number of aryl methyl sites for hydroxylation is 1. The zero-order valence-corrected chi connectivity index (χ0v) is 15.6. The summed E-state index contributed by atoms with van der Waals surface area (Å²) in [5.74, 6) is 0. The summed E-state index contributed by atoms with van der Waals surface area (Å²) in [7, 11) is 0. The largest absolute Gasteiger partial charge is 2.00 e. The topological polar surface area (TPSA) is 0 Å². The molecule has 4 aromatic rings. The van der Waals surface area contributed by atoms with Crippen LogP contribution in [-0.4, -0.2) is 0 Å². The van der Waals surface area contributed by atoms with Gasteiger partial charge in [0.2, 0.25) is 0 Å². The van der Waals surface area contributed by atoms with Gasteiger partial charge in [-0.05, 0) is 5.56 Å². The van der Waals surface area contributed by atoms with E-state index in [0.717, 1.165) is 0 Å². The normalized spacial score (nSPS) is 9.61. The molecule has 0 heterocycles. The maximum atomic E-state index is 2.89. The van der Waals surface area contributed by atoms with Crippen molar-refractivity contribution in [1.29, 1.82) is 0 Å². The standard InChI is InChI=1S/C16H13.C6H5.Zr/c1-12-10-14-8-5-9-15(16(14)11-12)13-6-3-2-4-7-13;1-2-4-6-5-3-1;/h2-11H,1H3;1-5H;/q2*-1;+2. The van der Waals surface area contributed by atoms with Crippen molar-refractivity contribution in [2.75, 3.05) is 0 Å². The van der Waals surface area contributed by atoms with E-state index < -0.39 is 0 Å². The smallest absolute Gasteiger partial charge is 0.184 e. The van der Waals surface area contributed by atoms with E-state index in [4.69, 9.17) is 0 Å². The van der Waals surface area contributed by atoms with Gasteiger partial charge in [0, 0.05) is 0 Å². The summed E-state index contributed by atoms with van der Waals surface area (Å²) >= 11 is 0. The predicted octanol–water partition coefficient (Wildman–Crippen LogP) is 6.02. The number of hydrogen-bond donors (Lipinski definition) is 0. The van der Waals surface area contributed by atoms with Gasteiger partial charge in [-0.15, -0.1) is 34.5 Å². The van der Waals surface area contributed by atoms with E-state index in [-0.39, 0.29) is 26.2 Å². The molecule has 0 amide bonds. The summed E-state index contributed by atoms with van der Waals surface area (Å²) in [6.45, 7) is 2.15. The molecular formula is C22H18Zr. The van der Waals surface area contributed by atoms with Crippen molar-refractivity contribution >= 4 is 10.8 Å². The third kappa shape index (κ3) is 4.56. The van der Waals surface area contributed by atoms with Gasteiger partial charge in [-0.25, -0.2) is 0 Å². The Hall–Kier alpha value is -1.85. The molecule has 0 N–H and O–H groups in total. The predicted molar refractivity (Wildman–Crippen MR) is 95.0 cm³/mol. The van der Waals surface area contributed by atoms with Gasteiger partial charge >= 0.3 is 26.2 Å². The minimum absolute atomic E-state index is 0. The molecule has 0 aliphatic rings. The van der Waals surface area contributed by atoms with Crippen molar-refractivity contribution in [3.8, 4) is 11.1 Å². The minimum atomic E-state index is 0. The second-order valence-electron chi connectivity index (χ2n) is 5.28. The number of rotatable bonds is 1. The van der Waals surface area contributed by atoms with Crippen molar-refractivity contribution < 1.29 is 26.2 Å². The summed E-state index contributed by atoms with van der Waals surface area (Å²) < 4.78 is 0. The molecule has 0 radical (unpaired) electrons. The van der Waals surface area contributed by atoms with E-state index in [2.05, 4.69) is 73.7 Å². The van der Waals surface area contributed by atoms with Crippen molar-refractivity contribution in [2.24, 2.45) is 0 Å². The van der Waals surface area contributed by atoms with Crippen molar-refractivity contribution in [2.45, 2.75) is 6.92 Å². The number of benzene rings is 3. The van der Waals surface area contributed by atoms with E-state index in [9.17, 15) is 0 Å². The summed E-state index contributed by atoms with van der Waals surface area (Å²) in [6.07, 6.45) is 0. The fraction of sp³-hybridized carbons (Fsp3) is 0.0455. The molecule has 0 fully saturated rings. The van der Waals surface area contributed by atoms with Gasteiger partial charge in [0.05, 0.1) is 0 Å². The molecule has 0 atom stereocenters. The van der Waals surface area contributed by atoms with Crippen molar-refractivity contribution in [3.63, 3.8) is 0 Å². The molecule has 23 heavy (non-hydrogen) atoms. The molecule has 0 saturated carbocycles. The second-order valence-corrected chi connectivity index (χ2v) is 5.28.